The maximum absolute atomic E-state index is 8.56. The van der Waals surface area contributed by atoms with Crippen LogP contribution in [-0.4, -0.2) is 38.6 Å². The summed E-state index contributed by atoms with van der Waals surface area (Å²) in [5.74, 6) is 0. The van der Waals surface area contributed by atoms with Gasteiger partial charge in [-0.1, -0.05) is 11.3 Å². The summed E-state index contributed by atoms with van der Waals surface area (Å²) in [5.41, 5.74) is 0. The van der Waals surface area contributed by atoms with Crippen molar-refractivity contribution in [3.05, 3.63) is 12.7 Å². The van der Waals surface area contributed by atoms with Crippen LogP contribution in [0.4, 0.5) is 4.79 Å². The average Bonchev–Trinajstić information content (AvgIpc) is 1.62. The van der Waals surface area contributed by atoms with Crippen LogP contribution in [0.15, 0.2) is 12.7 Å². The first kappa shape index (κ1) is 11.7. The normalized spacial score (nSPS) is 7.90. The van der Waals surface area contributed by atoms with Crippen LogP contribution in [0, 0.1) is 0 Å². The molecule has 0 saturated heterocycles. The van der Waals surface area contributed by atoms with Gasteiger partial charge in [0, 0.05) is 0 Å². The molecule has 4 N–H and O–H groups in total. The molecule has 0 aliphatic rings. The molecule has 0 radical (unpaired) electrons. The Balaban J connectivity index is 0. The van der Waals surface area contributed by atoms with E-state index in [4.69, 9.17) is 25.4 Å². The van der Waals surface area contributed by atoms with E-state index in [0.29, 0.717) is 0 Å². The number of rotatable bonds is 2. The second-order valence-electron chi connectivity index (χ2n) is 1.13. The zero-order valence-corrected chi connectivity index (χ0v) is 5.14. The molecule has 60 valence electrons. The summed E-state index contributed by atoms with van der Waals surface area (Å²) in [6.45, 7) is 3.32. The molecule has 6 heteroatoms. The summed E-state index contributed by atoms with van der Waals surface area (Å²) >= 11 is 0. The van der Waals surface area contributed by atoms with Gasteiger partial charge in [0.1, 0.15) is 0 Å². The molecule has 0 bridgehead atoms. The second-order valence-corrected chi connectivity index (χ2v) is 1.13. The van der Waals surface area contributed by atoms with Gasteiger partial charge in [-0.05, 0) is 0 Å². The quantitative estimate of drug-likeness (QED) is 0.338. The SMILES string of the molecule is C=CCN(O)O.O=C(O)O. The van der Waals surface area contributed by atoms with E-state index < -0.39 is 6.16 Å². The molecule has 0 aromatic carbocycles. The lowest BCUT2D eigenvalue weighted by molar-refractivity contribution is -0.299. The topological polar surface area (TPSA) is 101 Å². The zero-order chi connectivity index (χ0) is 8.57. The molecular formula is C4H9NO5. The molecule has 0 rings (SSSR count). The number of nitrogens with zero attached hydrogens (tertiary/aromatic N) is 1. The summed E-state index contributed by atoms with van der Waals surface area (Å²) in [6, 6.07) is 0. The molecule has 10 heavy (non-hydrogen) atoms. The Morgan fingerprint density at radius 3 is 1.80 bits per heavy atom. The lowest BCUT2D eigenvalue weighted by atomic mass is 10.7. The molecule has 0 unspecified atom stereocenters. The van der Waals surface area contributed by atoms with Gasteiger partial charge in [0.05, 0.1) is 6.54 Å². The van der Waals surface area contributed by atoms with Gasteiger partial charge < -0.3 is 10.2 Å². The Bertz CT molecular complexity index is 97.8. The van der Waals surface area contributed by atoms with E-state index >= 15 is 0 Å². The molecule has 6 nitrogen and oxygen atoms in total. The van der Waals surface area contributed by atoms with Gasteiger partial charge in [0.15, 0.2) is 0 Å². The predicted molar refractivity (Wildman–Crippen MR) is 31.1 cm³/mol. The largest absolute Gasteiger partial charge is 0.503 e. The van der Waals surface area contributed by atoms with E-state index in [-0.39, 0.29) is 11.8 Å². The number of carbonyl (C=O) groups is 1. The van der Waals surface area contributed by atoms with Crippen LogP contribution in [0.5, 0.6) is 0 Å². The average molecular weight is 151 g/mol. The molecular weight excluding hydrogens is 142 g/mol. The lowest BCUT2D eigenvalue weighted by Gasteiger charge is -1.96. The molecule has 0 aromatic rings. The van der Waals surface area contributed by atoms with E-state index in [1.54, 1.807) is 0 Å². The van der Waals surface area contributed by atoms with E-state index in [1.165, 1.54) is 6.08 Å². The van der Waals surface area contributed by atoms with Gasteiger partial charge in [-0.2, -0.15) is 0 Å². The van der Waals surface area contributed by atoms with Crippen molar-refractivity contribution < 1.29 is 25.4 Å². The van der Waals surface area contributed by atoms with Crippen LogP contribution in [0.2, 0.25) is 0 Å². The Hall–Kier alpha value is -1.11. The Morgan fingerprint density at radius 1 is 1.50 bits per heavy atom. The van der Waals surface area contributed by atoms with Crippen molar-refractivity contribution in [2.75, 3.05) is 6.54 Å². The minimum atomic E-state index is -1.83. The minimum Gasteiger partial charge on any atom is -0.450 e. The summed E-state index contributed by atoms with van der Waals surface area (Å²) in [4.78, 5) is 8.56. The molecule has 0 fully saturated rings. The standard InChI is InChI=1S/C3H7NO2.CH2O3/c1-2-3-4(5)6;2-1(3)4/h2,5-6H,1,3H2;(H2,2,3,4). The van der Waals surface area contributed by atoms with Gasteiger partial charge in [-0.25, -0.2) is 4.79 Å². The highest BCUT2D eigenvalue weighted by atomic mass is 16.8. The monoisotopic (exact) mass is 151 g/mol. The van der Waals surface area contributed by atoms with Crippen LogP contribution in [0.1, 0.15) is 0 Å². The van der Waals surface area contributed by atoms with Gasteiger partial charge in [0.2, 0.25) is 0 Å². The first-order valence-electron chi connectivity index (χ1n) is 2.18. The van der Waals surface area contributed by atoms with E-state index in [0.717, 1.165) is 0 Å². The maximum Gasteiger partial charge on any atom is 0.503 e. The highest BCUT2D eigenvalue weighted by Crippen LogP contribution is 1.67. The lowest BCUT2D eigenvalue weighted by Crippen LogP contribution is -2.11. The smallest absolute Gasteiger partial charge is 0.450 e. The van der Waals surface area contributed by atoms with Crippen molar-refractivity contribution >= 4 is 6.16 Å². The molecule has 0 spiro atoms. The van der Waals surface area contributed by atoms with E-state index in [1.807, 2.05) is 0 Å². The Kier molecular flexibility index (Phi) is 9.20. The van der Waals surface area contributed by atoms with Crippen molar-refractivity contribution in [2.45, 2.75) is 0 Å². The molecule has 0 aliphatic carbocycles. The second kappa shape index (κ2) is 7.89. The van der Waals surface area contributed by atoms with E-state index in [2.05, 4.69) is 6.58 Å². The van der Waals surface area contributed by atoms with Crippen LogP contribution in [-0.2, 0) is 0 Å². The fraction of sp³-hybridized carbons (Fsp3) is 0.250. The first-order chi connectivity index (χ1) is 4.50. The predicted octanol–water partition coefficient (Wildman–Crippen LogP) is 0.475. The zero-order valence-electron chi connectivity index (χ0n) is 5.14. The van der Waals surface area contributed by atoms with Crippen molar-refractivity contribution in [3.8, 4) is 0 Å². The molecule has 0 aliphatic heterocycles. The number of carboxylic acid groups (broad SMARTS) is 2. The third kappa shape index (κ3) is 66.9. The minimum absolute atomic E-state index is 0.0625. The van der Waals surface area contributed by atoms with Crippen molar-refractivity contribution in [1.82, 2.24) is 5.23 Å². The Labute approximate surface area is 57.2 Å². The number of hydrogen-bond acceptors (Lipinski definition) is 4. The summed E-state index contributed by atoms with van der Waals surface area (Å²) in [6.07, 6.45) is -0.458. The molecule has 0 aromatic heterocycles. The molecule has 0 amide bonds. The third-order valence-electron chi connectivity index (χ3n) is 0.292. The molecule has 0 atom stereocenters. The highest BCUT2D eigenvalue weighted by molar-refractivity contribution is 5.53. The number of hydrogen-bond donors (Lipinski definition) is 4. The first-order valence-corrected chi connectivity index (χ1v) is 2.18. The van der Waals surface area contributed by atoms with Gasteiger partial charge in [0.25, 0.3) is 0 Å². The Morgan fingerprint density at radius 2 is 1.80 bits per heavy atom. The fourth-order valence-electron chi connectivity index (χ4n) is 0.115. The van der Waals surface area contributed by atoms with Crippen LogP contribution in [0.25, 0.3) is 0 Å². The highest BCUT2D eigenvalue weighted by Gasteiger charge is 1.80. The maximum atomic E-state index is 8.56. The molecule has 0 saturated carbocycles. The van der Waals surface area contributed by atoms with Crippen LogP contribution < -0.4 is 0 Å². The van der Waals surface area contributed by atoms with Crippen molar-refractivity contribution in [2.24, 2.45) is 0 Å². The summed E-state index contributed by atoms with van der Waals surface area (Å²) < 4.78 is 0. The van der Waals surface area contributed by atoms with Gasteiger partial charge in [-0.3, -0.25) is 10.4 Å². The number of hydroxylamine groups is 2. The van der Waals surface area contributed by atoms with Crippen LogP contribution >= 0.6 is 0 Å². The third-order valence-corrected chi connectivity index (χ3v) is 0.292. The summed E-state index contributed by atoms with van der Waals surface area (Å²) in [5, 5.41) is 29.7. The van der Waals surface area contributed by atoms with Gasteiger partial charge in [-0.15, -0.1) is 6.58 Å². The fourth-order valence-corrected chi connectivity index (χ4v) is 0.115. The van der Waals surface area contributed by atoms with Crippen LogP contribution in [0.3, 0.4) is 0 Å². The van der Waals surface area contributed by atoms with Gasteiger partial charge >= 0.3 is 6.16 Å². The van der Waals surface area contributed by atoms with E-state index in [9.17, 15) is 0 Å². The molecule has 0 heterocycles. The van der Waals surface area contributed by atoms with Crippen molar-refractivity contribution in [3.63, 3.8) is 0 Å². The van der Waals surface area contributed by atoms with Crippen molar-refractivity contribution in [1.29, 1.82) is 0 Å². The summed E-state index contributed by atoms with van der Waals surface area (Å²) in [7, 11) is 0.